The Hall–Kier alpha value is -2.84. The van der Waals surface area contributed by atoms with Crippen molar-refractivity contribution in [3.05, 3.63) is 70.5 Å². The van der Waals surface area contributed by atoms with Gasteiger partial charge in [-0.05, 0) is 48.6 Å². The lowest BCUT2D eigenvalue weighted by Gasteiger charge is -2.25. The summed E-state index contributed by atoms with van der Waals surface area (Å²) in [5, 5.41) is 4.03. The number of benzene rings is 2. The number of nitrogens with one attached hydrogen (secondary N) is 2. The summed E-state index contributed by atoms with van der Waals surface area (Å²) in [7, 11) is 1.60. The Bertz CT molecular complexity index is 991. The first-order valence-corrected chi connectivity index (χ1v) is 8.76. The number of fused-ring (bicyclic) bond motifs is 1. The molecule has 8 heteroatoms. The van der Waals surface area contributed by atoms with E-state index < -0.39 is 0 Å². The minimum Gasteiger partial charge on any atom is -0.383 e. The summed E-state index contributed by atoms with van der Waals surface area (Å²) < 4.78 is 18.2. The van der Waals surface area contributed by atoms with Gasteiger partial charge in [-0.3, -0.25) is 4.79 Å². The normalized spacial score (nSPS) is 10.7. The second kappa shape index (κ2) is 8.70. The van der Waals surface area contributed by atoms with Gasteiger partial charge in [-0.1, -0.05) is 12.1 Å². The lowest BCUT2D eigenvalue weighted by molar-refractivity contribution is 0.174. The summed E-state index contributed by atoms with van der Waals surface area (Å²) in [6, 6.07) is 13.1. The molecule has 0 bridgehead atoms. The number of rotatable bonds is 6. The molecule has 2 N–H and O–H groups in total. The number of thiocarbonyl (C=S) groups is 1. The molecule has 3 rings (SSSR count). The van der Waals surface area contributed by atoms with E-state index in [0.29, 0.717) is 47.2 Å². The van der Waals surface area contributed by atoms with Gasteiger partial charge in [0, 0.05) is 19.3 Å². The lowest BCUT2D eigenvalue weighted by Crippen LogP contribution is -2.37. The number of H-pyrrole nitrogens is 1. The Kier molecular flexibility index (Phi) is 6.10. The van der Waals surface area contributed by atoms with Crippen molar-refractivity contribution in [1.82, 2.24) is 14.9 Å². The van der Waals surface area contributed by atoms with Gasteiger partial charge in [-0.25, -0.2) is 9.37 Å². The summed E-state index contributed by atoms with van der Waals surface area (Å²) in [6.45, 7) is 1.25. The number of ether oxygens (including phenoxy) is 1. The van der Waals surface area contributed by atoms with Gasteiger partial charge in [0.2, 0.25) is 0 Å². The van der Waals surface area contributed by atoms with Gasteiger partial charge in [0.1, 0.15) is 11.6 Å². The zero-order valence-electron chi connectivity index (χ0n) is 14.7. The number of aromatic nitrogens is 2. The van der Waals surface area contributed by atoms with Crippen molar-refractivity contribution in [2.75, 3.05) is 25.6 Å². The van der Waals surface area contributed by atoms with E-state index in [9.17, 15) is 9.18 Å². The Morgan fingerprint density at radius 3 is 2.74 bits per heavy atom. The number of nitrogens with zero attached hydrogens (tertiary/aromatic N) is 2. The minimum absolute atomic E-state index is 0.195. The van der Waals surface area contributed by atoms with E-state index in [1.807, 2.05) is 11.0 Å². The van der Waals surface area contributed by atoms with Crippen LogP contribution in [0, 0.1) is 5.82 Å². The zero-order valence-corrected chi connectivity index (χ0v) is 15.6. The number of para-hydroxylation sites is 1. The molecule has 27 heavy (non-hydrogen) atoms. The molecule has 0 saturated carbocycles. The second-order valence-corrected chi connectivity index (χ2v) is 6.27. The van der Waals surface area contributed by atoms with Crippen molar-refractivity contribution < 1.29 is 9.13 Å². The van der Waals surface area contributed by atoms with Crippen LogP contribution in [0.1, 0.15) is 5.82 Å². The summed E-state index contributed by atoms with van der Waals surface area (Å²) in [6.07, 6.45) is 0. The largest absolute Gasteiger partial charge is 0.383 e. The predicted molar refractivity (Wildman–Crippen MR) is 107 cm³/mol. The molecular formula is C19H19FN4O2S. The maximum atomic E-state index is 13.1. The van der Waals surface area contributed by atoms with Crippen LogP contribution in [0.2, 0.25) is 0 Å². The number of hydrogen-bond donors (Lipinski definition) is 2. The maximum absolute atomic E-state index is 13.1. The molecule has 0 saturated heterocycles. The third-order valence-corrected chi connectivity index (χ3v) is 4.31. The first-order chi connectivity index (χ1) is 13.1. The second-order valence-electron chi connectivity index (χ2n) is 5.88. The molecule has 0 radical (unpaired) electrons. The van der Waals surface area contributed by atoms with Crippen molar-refractivity contribution in [3.8, 4) is 0 Å². The van der Waals surface area contributed by atoms with Gasteiger partial charge in [0.25, 0.3) is 5.56 Å². The van der Waals surface area contributed by atoms with Crippen LogP contribution in [0.15, 0.2) is 53.3 Å². The average molecular weight is 386 g/mol. The SMILES string of the molecule is COCCN(Cc1nc2ccccc2c(=O)[nH]1)C(=S)Nc1ccc(F)cc1. The van der Waals surface area contributed by atoms with Crippen molar-refractivity contribution in [2.24, 2.45) is 0 Å². The molecule has 0 amide bonds. The third kappa shape index (κ3) is 4.87. The molecule has 2 aromatic carbocycles. The standard InChI is InChI=1S/C19H19FN4O2S/c1-26-11-10-24(19(27)21-14-8-6-13(20)7-9-14)12-17-22-16-5-3-2-4-15(16)18(25)23-17/h2-9H,10-12H2,1H3,(H,21,27)(H,22,23,25). The van der Waals surface area contributed by atoms with E-state index in [-0.39, 0.29) is 11.4 Å². The molecule has 0 aliphatic heterocycles. The maximum Gasteiger partial charge on any atom is 0.258 e. The highest BCUT2D eigenvalue weighted by molar-refractivity contribution is 7.80. The minimum atomic E-state index is -0.319. The van der Waals surface area contributed by atoms with E-state index >= 15 is 0 Å². The van der Waals surface area contributed by atoms with E-state index in [1.165, 1.54) is 12.1 Å². The topological polar surface area (TPSA) is 70.2 Å². The average Bonchev–Trinajstić information content (AvgIpc) is 2.67. The highest BCUT2D eigenvalue weighted by atomic mass is 32.1. The van der Waals surface area contributed by atoms with Crippen molar-refractivity contribution in [3.63, 3.8) is 0 Å². The van der Waals surface area contributed by atoms with Crippen LogP contribution in [0.3, 0.4) is 0 Å². The van der Waals surface area contributed by atoms with Crippen molar-refractivity contribution in [2.45, 2.75) is 6.54 Å². The molecule has 1 aromatic heterocycles. The van der Waals surface area contributed by atoms with Crippen LogP contribution in [0.25, 0.3) is 10.9 Å². The smallest absolute Gasteiger partial charge is 0.258 e. The predicted octanol–water partition coefficient (Wildman–Crippen LogP) is 2.91. The fourth-order valence-electron chi connectivity index (χ4n) is 2.58. The van der Waals surface area contributed by atoms with Gasteiger partial charge in [0.15, 0.2) is 5.11 Å². The molecule has 6 nitrogen and oxygen atoms in total. The van der Waals surface area contributed by atoms with Gasteiger partial charge >= 0.3 is 0 Å². The highest BCUT2D eigenvalue weighted by Gasteiger charge is 2.13. The lowest BCUT2D eigenvalue weighted by atomic mass is 10.2. The molecule has 0 spiro atoms. The van der Waals surface area contributed by atoms with E-state index in [2.05, 4.69) is 15.3 Å². The Morgan fingerprint density at radius 1 is 1.26 bits per heavy atom. The Labute approximate surface area is 161 Å². The van der Waals surface area contributed by atoms with E-state index in [4.69, 9.17) is 17.0 Å². The first kappa shape index (κ1) is 18.9. The molecule has 3 aromatic rings. The van der Waals surface area contributed by atoms with E-state index in [1.54, 1.807) is 37.4 Å². The van der Waals surface area contributed by atoms with Gasteiger partial charge in [-0.2, -0.15) is 0 Å². The van der Waals surface area contributed by atoms with Crippen molar-refractivity contribution >= 4 is 33.9 Å². The molecule has 0 aliphatic rings. The molecule has 0 unspecified atom stereocenters. The summed E-state index contributed by atoms with van der Waals surface area (Å²) >= 11 is 5.48. The molecule has 0 fully saturated rings. The van der Waals surface area contributed by atoms with Gasteiger partial charge in [-0.15, -0.1) is 0 Å². The number of methoxy groups -OCH3 is 1. The van der Waals surface area contributed by atoms with Crippen LogP contribution in [0.4, 0.5) is 10.1 Å². The molecule has 0 atom stereocenters. The van der Waals surface area contributed by atoms with Crippen LogP contribution < -0.4 is 10.9 Å². The highest BCUT2D eigenvalue weighted by Crippen LogP contribution is 2.11. The van der Waals surface area contributed by atoms with Crippen LogP contribution in [-0.4, -0.2) is 40.2 Å². The van der Waals surface area contributed by atoms with E-state index in [0.717, 1.165) is 0 Å². The number of hydrogen-bond acceptors (Lipinski definition) is 4. The van der Waals surface area contributed by atoms with Crippen LogP contribution >= 0.6 is 12.2 Å². The summed E-state index contributed by atoms with van der Waals surface area (Å²) in [5.74, 6) is 0.179. The number of halogens is 1. The molecular weight excluding hydrogens is 367 g/mol. The van der Waals surface area contributed by atoms with Gasteiger partial charge < -0.3 is 19.9 Å². The van der Waals surface area contributed by atoms with Gasteiger partial charge in [0.05, 0.1) is 24.1 Å². The quantitative estimate of drug-likeness (QED) is 0.635. The Balaban J connectivity index is 1.81. The van der Waals surface area contributed by atoms with Crippen molar-refractivity contribution in [1.29, 1.82) is 0 Å². The molecule has 140 valence electrons. The zero-order chi connectivity index (χ0) is 19.2. The third-order valence-electron chi connectivity index (χ3n) is 3.95. The fraction of sp³-hybridized carbons (Fsp3) is 0.211. The molecule has 1 heterocycles. The number of anilines is 1. The summed E-state index contributed by atoms with van der Waals surface area (Å²) in [4.78, 5) is 21.4. The fourth-order valence-corrected chi connectivity index (χ4v) is 2.85. The monoisotopic (exact) mass is 386 g/mol. The summed E-state index contributed by atoms with van der Waals surface area (Å²) in [5.41, 5.74) is 1.10. The molecule has 0 aliphatic carbocycles. The van der Waals surface area contributed by atoms with Crippen LogP contribution in [-0.2, 0) is 11.3 Å². The van der Waals surface area contributed by atoms with Crippen LogP contribution in [0.5, 0.6) is 0 Å². The number of aromatic amines is 1. The first-order valence-electron chi connectivity index (χ1n) is 8.35. The Morgan fingerprint density at radius 2 is 2.00 bits per heavy atom.